The smallest absolute Gasteiger partial charge is 0.128 e. The third kappa shape index (κ3) is 3.64. The molecule has 0 spiro atoms. The number of aryl methyl sites for hydroxylation is 1. The number of likely N-dealkylation sites (tertiary alicyclic amines) is 1. The highest BCUT2D eigenvalue weighted by atomic mass is 19.1. The molecule has 0 radical (unpaired) electrons. The van der Waals surface area contributed by atoms with Gasteiger partial charge in [-0.2, -0.15) is 0 Å². The number of benzene rings is 2. The molecule has 2 aromatic rings. The summed E-state index contributed by atoms with van der Waals surface area (Å²) in [4.78, 5) is 7.35. The minimum absolute atomic E-state index is 0.0276. The van der Waals surface area contributed by atoms with Crippen molar-refractivity contribution in [2.24, 2.45) is 0 Å². The maximum Gasteiger partial charge on any atom is 0.128 e. The predicted molar refractivity (Wildman–Crippen MR) is 121 cm³/mol. The van der Waals surface area contributed by atoms with Crippen LogP contribution in [0.15, 0.2) is 42.5 Å². The first kappa shape index (κ1) is 20.0. The number of hydrogen-bond donors (Lipinski definition) is 1. The van der Waals surface area contributed by atoms with Gasteiger partial charge in [0.25, 0.3) is 0 Å². The van der Waals surface area contributed by atoms with Crippen molar-refractivity contribution in [2.75, 3.05) is 58.3 Å². The van der Waals surface area contributed by atoms with Crippen LogP contribution < -0.4 is 10.2 Å². The average Bonchev–Trinajstić information content (AvgIpc) is 3.40. The lowest BCUT2D eigenvalue weighted by molar-refractivity contribution is 0.213. The van der Waals surface area contributed by atoms with Crippen LogP contribution in [0, 0.1) is 5.82 Å². The first-order valence-electron chi connectivity index (χ1n) is 11.3. The van der Waals surface area contributed by atoms with Gasteiger partial charge in [-0.25, -0.2) is 4.39 Å². The number of likely N-dealkylation sites (N-methyl/N-ethyl adjacent to an activating group) is 1. The second kappa shape index (κ2) is 8.29. The van der Waals surface area contributed by atoms with E-state index < -0.39 is 0 Å². The molecule has 30 heavy (non-hydrogen) atoms. The van der Waals surface area contributed by atoms with E-state index in [1.54, 1.807) is 6.07 Å². The Balaban J connectivity index is 1.37. The number of piperazine rings is 1. The zero-order valence-corrected chi connectivity index (χ0v) is 18.1. The number of nitrogens with one attached hydrogen (secondary N) is 1. The predicted octanol–water partition coefficient (Wildman–Crippen LogP) is 3.25. The molecule has 4 nitrogen and oxygen atoms in total. The monoisotopic (exact) mass is 408 g/mol. The molecule has 3 atom stereocenters. The molecular formula is C25H33FN4. The van der Waals surface area contributed by atoms with Crippen LogP contribution in [0.1, 0.15) is 35.1 Å². The number of rotatable bonds is 4. The molecule has 0 bridgehead atoms. The van der Waals surface area contributed by atoms with E-state index in [4.69, 9.17) is 0 Å². The number of anilines is 1. The van der Waals surface area contributed by atoms with Crippen molar-refractivity contribution in [1.29, 1.82) is 0 Å². The van der Waals surface area contributed by atoms with E-state index in [1.807, 2.05) is 6.07 Å². The van der Waals surface area contributed by atoms with Crippen molar-refractivity contribution in [3.8, 4) is 0 Å². The highest BCUT2D eigenvalue weighted by Crippen LogP contribution is 2.42. The van der Waals surface area contributed by atoms with Crippen molar-refractivity contribution < 1.29 is 4.39 Å². The van der Waals surface area contributed by atoms with Gasteiger partial charge in [0.05, 0.1) is 0 Å². The van der Waals surface area contributed by atoms with Crippen LogP contribution in [0.4, 0.5) is 10.1 Å². The highest BCUT2D eigenvalue weighted by Gasteiger charge is 2.41. The Labute approximate surface area is 179 Å². The van der Waals surface area contributed by atoms with Gasteiger partial charge in [-0.1, -0.05) is 24.3 Å². The Morgan fingerprint density at radius 1 is 1.00 bits per heavy atom. The summed E-state index contributed by atoms with van der Waals surface area (Å²) in [5, 5.41) is 3.42. The van der Waals surface area contributed by atoms with E-state index in [-0.39, 0.29) is 11.9 Å². The van der Waals surface area contributed by atoms with Crippen LogP contribution >= 0.6 is 0 Å². The van der Waals surface area contributed by atoms with Gasteiger partial charge in [-0.3, -0.25) is 4.90 Å². The fourth-order valence-electron chi connectivity index (χ4n) is 5.75. The third-order valence-corrected chi connectivity index (χ3v) is 7.39. The molecule has 1 N–H and O–H groups in total. The maximum absolute atomic E-state index is 14.6. The summed E-state index contributed by atoms with van der Waals surface area (Å²) in [7, 11) is 4.36. The molecular weight excluding hydrogens is 375 g/mol. The molecule has 2 aromatic carbocycles. The van der Waals surface area contributed by atoms with E-state index in [0.29, 0.717) is 12.0 Å². The van der Waals surface area contributed by atoms with E-state index in [1.165, 1.54) is 16.8 Å². The van der Waals surface area contributed by atoms with Crippen LogP contribution in [0.25, 0.3) is 0 Å². The highest BCUT2D eigenvalue weighted by molar-refractivity contribution is 5.49. The quantitative estimate of drug-likeness (QED) is 0.838. The summed E-state index contributed by atoms with van der Waals surface area (Å²) < 4.78 is 14.6. The summed E-state index contributed by atoms with van der Waals surface area (Å²) >= 11 is 0. The van der Waals surface area contributed by atoms with E-state index >= 15 is 0 Å². The van der Waals surface area contributed by atoms with E-state index in [2.05, 4.69) is 64.4 Å². The van der Waals surface area contributed by atoms with Crippen molar-refractivity contribution in [3.05, 3.63) is 65.0 Å². The maximum atomic E-state index is 14.6. The molecule has 1 unspecified atom stereocenters. The van der Waals surface area contributed by atoms with E-state index in [0.717, 1.165) is 57.7 Å². The second-order valence-corrected chi connectivity index (χ2v) is 9.29. The molecule has 2 saturated heterocycles. The van der Waals surface area contributed by atoms with Gasteiger partial charge in [0.15, 0.2) is 0 Å². The standard InChI is InChI=1S/C25H33FN4/c1-28(2)24-17-30(23-11-8-19-4-3-5-22(26)25(19)23)16-21(24)18-6-9-20(10-7-18)29-14-12-27-13-15-29/h3-7,9-10,21,23-24,27H,8,11-17H2,1-2H3/t21-,23?,24+/m0/s1. The average molecular weight is 409 g/mol. The topological polar surface area (TPSA) is 21.8 Å². The molecule has 2 fully saturated rings. The van der Waals surface area contributed by atoms with Gasteiger partial charge in [-0.05, 0) is 56.3 Å². The van der Waals surface area contributed by atoms with Gasteiger partial charge in [0.1, 0.15) is 5.82 Å². The number of halogens is 1. The lowest BCUT2D eigenvalue weighted by atomic mass is 9.93. The molecule has 2 heterocycles. The van der Waals surface area contributed by atoms with E-state index in [9.17, 15) is 4.39 Å². The molecule has 0 amide bonds. The van der Waals surface area contributed by atoms with Crippen LogP contribution in [-0.4, -0.2) is 69.2 Å². The Morgan fingerprint density at radius 2 is 1.77 bits per heavy atom. The Hall–Kier alpha value is -1.95. The van der Waals surface area contributed by atoms with Crippen LogP contribution in [0.3, 0.4) is 0 Å². The minimum Gasteiger partial charge on any atom is -0.369 e. The van der Waals surface area contributed by atoms with Gasteiger partial charge >= 0.3 is 0 Å². The second-order valence-electron chi connectivity index (χ2n) is 9.29. The molecule has 0 aromatic heterocycles. The summed E-state index contributed by atoms with van der Waals surface area (Å²) in [5.41, 5.74) is 4.88. The summed E-state index contributed by atoms with van der Waals surface area (Å²) in [5.74, 6) is 0.424. The van der Waals surface area contributed by atoms with Crippen molar-refractivity contribution in [3.63, 3.8) is 0 Å². The van der Waals surface area contributed by atoms with Crippen molar-refractivity contribution in [1.82, 2.24) is 15.1 Å². The molecule has 1 aliphatic carbocycles. The van der Waals surface area contributed by atoms with Crippen LogP contribution in [0.2, 0.25) is 0 Å². The van der Waals surface area contributed by atoms with Crippen molar-refractivity contribution >= 4 is 5.69 Å². The first-order valence-corrected chi connectivity index (χ1v) is 11.3. The fourth-order valence-corrected chi connectivity index (χ4v) is 5.75. The summed E-state index contributed by atoms with van der Waals surface area (Å²) in [6.45, 7) is 6.25. The Kier molecular flexibility index (Phi) is 5.52. The molecule has 5 heteroatoms. The first-order chi connectivity index (χ1) is 14.6. The largest absolute Gasteiger partial charge is 0.369 e. The van der Waals surface area contributed by atoms with Gasteiger partial charge in [-0.15, -0.1) is 0 Å². The molecule has 5 rings (SSSR count). The number of fused-ring (bicyclic) bond motifs is 1. The zero-order chi connectivity index (χ0) is 20.7. The number of nitrogens with zero attached hydrogens (tertiary/aromatic N) is 3. The summed E-state index contributed by atoms with van der Waals surface area (Å²) in [6.07, 6.45) is 2.02. The zero-order valence-electron chi connectivity index (χ0n) is 18.1. The minimum atomic E-state index is -0.0276. The Bertz CT molecular complexity index is 875. The van der Waals surface area contributed by atoms with Crippen LogP contribution in [0.5, 0.6) is 0 Å². The lowest BCUT2D eigenvalue weighted by Gasteiger charge is -2.30. The molecule has 160 valence electrons. The lowest BCUT2D eigenvalue weighted by Crippen LogP contribution is -2.43. The normalized spacial score (nSPS) is 27.1. The number of hydrogen-bond acceptors (Lipinski definition) is 4. The third-order valence-electron chi connectivity index (χ3n) is 7.39. The Morgan fingerprint density at radius 3 is 2.50 bits per heavy atom. The molecule has 0 saturated carbocycles. The fraction of sp³-hybridized carbons (Fsp3) is 0.520. The SMILES string of the molecule is CN(C)[C@@H]1CN(C2CCc3cccc(F)c32)C[C@H]1c1ccc(N2CCNCC2)cc1. The van der Waals surface area contributed by atoms with Crippen molar-refractivity contribution in [2.45, 2.75) is 30.8 Å². The molecule has 3 aliphatic rings. The van der Waals surface area contributed by atoms with Gasteiger partial charge in [0.2, 0.25) is 0 Å². The van der Waals surface area contributed by atoms with Crippen LogP contribution in [-0.2, 0) is 6.42 Å². The van der Waals surface area contributed by atoms with Gasteiger partial charge < -0.3 is 15.1 Å². The summed E-state index contributed by atoms with van der Waals surface area (Å²) in [6, 6.07) is 15.5. The molecule has 2 aliphatic heterocycles. The van der Waals surface area contributed by atoms with Gasteiger partial charge in [0, 0.05) is 68.5 Å².